The second kappa shape index (κ2) is 10.5. The summed E-state index contributed by atoms with van der Waals surface area (Å²) in [7, 11) is 0. The molecule has 1 saturated heterocycles. The summed E-state index contributed by atoms with van der Waals surface area (Å²) < 4.78 is 1.80. The molecule has 5 rings (SSSR count). The van der Waals surface area contributed by atoms with Crippen LogP contribution in [0.4, 0.5) is 5.82 Å². The molecule has 4 aromatic rings. The summed E-state index contributed by atoms with van der Waals surface area (Å²) in [6.45, 7) is 4.13. The first-order valence-corrected chi connectivity index (χ1v) is 12.7. The third kappa shape index (κ3) is 5.29. The summed E-state index contributed by atoms with van der Waals surface area (Å²) in [4.78, 5) is 33.4. The average Bonchev–Trinajstić information content (AvgIpc) is 2.91. The fourth-order valence-electron chi connectivity index (χ4n) is 4.74. The molecular formula is C29H29ClN4O2. The lowest BCUT2D eigenvalue weighted by Gasteiger charge is -2.32. The molecule has 1 aromatic heterocycles. The summed E-state index contributed by atoms with van der Waals surface area (Å²) >= 11 is 5.96. The van der Waals surface area contributed by atoms with Crippen molar-refractivity contribution in [1.29, 1.82) is 0 Å². The minimum absolute atomic E-state index is 0.00424. The minimum Gasteiger partial charge on any atom is -0.352 e. The lowest BCUT2D eigenvalue weighted by Crippen LogP contribution is -2.45. The Morgan fingerprint density at radius 2 is 1.75 bits per heavy atom. The molecule has 0 unspecified atom stereocenters. The Morgan fingerprint density at radius 1 is 1.03 bits per heavy atom. The van der Waals surface area contributed by atoms with Crippen LogP contribution in [0.3, 0.4) is 0 Å². The molecule has 1 amide bonds. The number of benzene rings is 3. The van der Waals surface area contributed by atoms with Gasteiger partial charge in [-0.25, -0.2) is 4.98 Å². The number of hydrogen-bond acceptors (Lipinski definition) is 4. The largest absolute Gasteiger partial charge is 0.352 e. The Hall–Kier alpha value is -3.64. The Kier molecular flexibility index (Phi) is 7.05. The van der Waals surface area contributed by atoms with Crippen molar-refractivity contribution in [3.05, 3.63) is 105 Å². The number of halogens is 1. The molecule has 184 valence electrons. The summed E-state index contributed by atoms with van der Waals surface area (Å²) in [5, 5.41) is 3.71. The van der Waals surface area contributed by atoms with Gasteiger partial charge in [0.05, 0.1) is 23.5 Å². The Balaban J connectivity index is 1.38. The van der Waals surface area contributed by atoms with Crippen molar-refractivity contribution >= 4 is 34.4 Å². The lowest BCUT2D eigenvalue weighted by atomic mass is 9.97. The molecule has 1 aliphatic rings. The van der Waals surface area contributed by atoms with Crippen LogP contribution in [0.1, 0.15) is 29.5 Å². The number of nitrogens with zero attached hydrogens (tertiary/aromatic N) is 3. The van der Waals surface area contributed by atoms with Crippen LogP contribution in [0, 0.1) is 12.8 Å². The van der Waals surface area contributed by atoms with E-state index in [9.17, 15) is 9.59 Å². The molecule has 2 heterocycles. The third-order valence-corrected chi connectivity index (χ3v) is 7.02. The number of aryl methyl sites for hydroxylation is 1. The zero-order valence-corrected chi connectivity index (χ0v) is 21.0. The molecule has 7 heteroatoms. The van der Waals surface area contributed by atoms with E-state index in [4.69, 9.17) is 16.6 Å². The number of carbonyl (C=O) groups excluding carboxylic acids is 1. The number of anilines is 1. The average molecular weight is 501 g/mol. The molecule has 0 aliphatic carbocycles. The van der Waals surface area contributed by atoms with Crippen molar-refractivity contribution in [3.8, 4) is 0 Å². The van der Waals surface area contributed by atoms with E-state index in [1.807, 2.05) is 60.4 Å². The normalized spacial score (nSPS) is 15.7. The van der Waals surface area contributed by atoms with Crippen molar-refractivity contribution in [3.63, 3.8) is 0 Å². The molecular weight excluding hydrogens is 472 g/mol. The number of nitrogens with one attached hydrogen (secondary N) is 1. The first-order valence-electron chi connectivity index (χ1n) is 12.3. The predicted molar refractivity (Wildman–Crippen MR) is 145 cm³/mol. The fourth-order valence-corrected chi connectivity index (χ4v) is 4.86. The van der Waals surface area contributed by atoms with Gasteiger partial charge in [0.25, 0.3) is 5.56 Å². The smallest absolute Gasteiger partial charge is 0.294 e. The van der Waals surface area contributed by atoms with Crippen LogP contribution >= 0.6 is 11.6 Å². The maximum absolute atomic E-state index is 13.7. The second-order valence-electron chi connectivity index (χ2n) is 9.43. The number of fused-ring (bicyclic) bond motifs is 1. The molecule has 0 spiro atoms. The van der Waals surface area contributed by atoms with Gasteiger partial charge < -0.3 is 10.2 Å². The number of piperidine rings is 1. The van der Waals surface area contributed by atoms with Gasteiger partial charge in [0, 0.05) is 24.7 Å². The van der Waals surface area contributed by atoms with Crippen molar-refractivity contribution in [2.45, 2.75) is 32.9 Å². The van der Waals surface area contributed by atoms with E-state index in [-0.39, 0.29) is 17.4 Å². The predicted octanol–water partition coefficient (Wildman–Crippen LogP) is 4.94. The molecule has 0 bridgehead atoms. The van der Waals surface area contributed by atoms with Crippen LogP contribution in [0.5, 0.6) is 0 Å². The minimum atomic E-state index is -0.204. The monoisotopic (exact) mass is 500 g/mol. The maximum atomic E-state index is 13.7. The number of amides is 1. The Morgan fingerprint density at radius 3 is 2.53 bits per heavy atom. The quantitative estimate of drug-likeness (QED) is 0.407. The highest BCUT2D eigenvalue weighted by molar-refractivity contribution is 6.30. The van der Waals surface area contributed by atoms with Crippen molar-refractivity contribution in [1.82, 2.24) is 14.9 Å². The van der Waals surface area contributed by atoms with Crippen LogP contribution in [0.25, 0.3) is 11.0 Å². The van der Waals surface area contributed by atoms with Crippen LogP contribution in [0.2, 0.25) is 5.02 Å². The van der Waals surface area contributed by atoms with E-state index in [0.29, 0.717) is 37.0 Å². The van der Waals surface area contributed by atoms with E-state index in [0.717, 1.165) is 35.0 Å². The number of para-hydroxylation sites is 2. The van der Waals surface area contributed by atoms with Gasteiger partial charge in [-0.15, -0.1) is 0 Å². The third-order valence-electron chi connectivity index (χ3n) is 6.77. The summed E-state index contributed by atoms with van der Waals surface area (Å²) in [6.07, 6.45) is 1.61. The molecule has 3 aromatic carbocycles. The Bertz CT molecular complexity index is 1430. The topological polar surface area (TPSA) is 67.2 Å². The van der Waals surface area contributed by atoms with Gasteiger partial charge in [-0.05, 0) is 55.2 Å². The number of rotatable bonds is 6. The Labute approximate surface area is 215 Å². The lowest BCUT2D eigenvalue weighted by molar-refractivity contribution is -0.125. The molecule has 1 N–H and O–H groups in total. The highest BCUT2D eigenvalue weighted by atomic mass is 35.5. The zero-order valence-electron chi connectivity index (χ0n) is 20.3. The summed E-state index contributed by atoms with van der Waals surface area (Å²) in [5.74, 6) is 0.204. The molecule has 36 heavy (non-hydrogen) atoms. The second-order valence-corrected chi connectivity index (χ2v) is 9.87. The van der Waals surface area contributed by atoms with E-state index in [1.165, 1.54) is 5.56 Å². The van der Waals surface area contributed by atoms with Gasteiger partial charge in [0.1, 0.15) is 0 Å². The first-order chi connectivity index (χ1) is 17.5. The van der Waals surface area contributed by atoms with Crippen LogP contribution in [-0.2, 0) is 17.9 Å². The zero-order chi connectivity index (χ0) is 25.1. The molecule has 1 aliphatic heterocycles. The number of carbonyl (C=O) groups is 1. The molecule has 0 radical (unpaired) electrons. The van der Waals surface area contributed by atoms with Crippen LogP contribution < -0.4 is 15.8 Å². The van der Waals surface area contributed by atoms with Gasteiger partial charge >= 0.3 is 0 Å². The van der Waals surface area contributed by atoms with Gasteiger partial charge in [-0.3, -0.25) is 14.2 Å². The maximum Gasteiger partial charge on any atom is 0.294 e. The number of aromatic nitrogens is 2. The van der Waals surface area contributed by atoms with Gasteiger partial charge in [-0.2, -0.15) is 0 Å². The SMILES string of the molecule is Cc1ccc(Cn2c(=O)c(N3CCC[C@H](C(=O)NCc4ccc(Cl)cc4)C3)nc3ccccc32)cc1. The van der Waals surface area contributed by atoms with Gasteiger partial charge in [-0.1, -0.05) is 65.7 Å². The molecule has 1 atom stereocenters. The van der Waals surface area contributed by atoms with Gasteiger partial charge in [0.15, 0.2) is 5.82 Å². The highest BCUT2D eigenvalue weighted by Gasteiger charge is 2.28. The van der Waals surface area contributed by atoms with E-state index >= 15 is 0 Å². The van der Waals surface area contributed by atoms with Crippen molar-refractivity contribution in [2.75, 3.05) is 18.0 Å². The van der Waals surface area contributed by atoms with Crippen LogP contribution in [0.15, 0.2) is 77.6 Å². The van der Waals surface area contributed by atoms with Crippen molar-refractivity contribution in [2.24, 2.45) is 5.92 Å². The first kappa shape index (κ1) is 24.1. The highest BCUT2D eigenvalue weighted by Crippen LogP contribution is 2.23. The van der Waals surface area contributed by atoms with Gasteiger partial charge in [0.2, 0.25) is 5.91 Å². The molecule has 0 saturated carbocycles. The fraction of sp³-hybridized carbons (Fsp3) is 0.276. The van der Waals surface area contributed by atoms with E-state index in [1.54, 1.807) is 4.57 Å². The van der Waals surface area contributed by atoms with Crippen molar-refractivity contribution < 1.29 is 4.79 Å². The van der Waals surface area contributed by atoms with E-state index in [2.05, 4.69) is 29.6 Å². The standard InChI is InChI=1S/C29H29ClN4O2/c1-20-8-10-22(11-9-20)18-34-26-7-3-2-6-25(26)32-27(29(34)36)33-16-4-5-23(19-33)28(35)31-17-21-12-14-24(30)15-13-21/h2-3,6-15,23H,4-5,16-19H2,1H3,(H,31,35)/t23-/m0/s1. The van der Waals surface area contributed by atoms with E-state index < -0.39 is 0 Å². The number of hydrogen-bond donors (Lipinski definition) is 1. The van der Waals surface area contributed by atoms with Crippen LogP contribution in [-0.4, -0.2) is 28.5 Å². The summed E-state index contributed by atoms with van der Waals surface area (Å²) in [6, 6.07) is 23.4. The molecule has 1 fully saturated rings. The molecule has 6 nitrogen and oxygen atoms in total. The summed E-state index contributed by atoms with van der Waals surface area (Å²) in [5.41, 5.74) is 4.69.